The number of carbonyl (C=O) groups is 1. The molecule has 11 heteroatoms. The lowest BCUT2D eigenvalue weighted by molar-refractivity contribution is -0.111. The zero-order chi connectivity index (χ0) is 30.6. The van der Waals surface area contributed by atoms with Crippen LogP contribution < -0.4 is 20.3 Å². The third-order valence-electron chi connectivity index (χ3n) is 8.91. The number of carbonyl (C=O) groups excluding carboxylic acids is 1. The van der Waals surface area contributed by atoms with Crippen LogP contribution in [0.4, 0.5) is 22.9 Å². The first-order valence-electron chi connectivity index (χ1n) is 15.3. The summed E-state index contributed by atoms with van der Waals surface area (Å²) in [6, 6.07) is 12.5. The first kappa shape index (κ1) is 29.6. The molecule has 0 atom stereocenters. The summed E-state index contributed by atoms with van der Waals surface area (Å²) >= 11 is 0. The average molecular weight is 596 g/mol. The van der Waals surface area contributed by atoms with Crippen molar-refractivity contribution in [2.45, 2.75) is 25.8 Å². The maximum atomic E-state index is 12.5. The molecular weight excluding hydrogens is 554 g/mol. The van der Waals surface area contributed by atoms with Gasteiger partial charge in [0.1, 0.15) is 17.9 Å². The van der Waals surface area contributed by atoms with Gasteiger partial charge in [-0.15, -0.1) is 0 Å². The molecule has 230 valence electrons. The van der Waals surface area contributed by atoms with Gasteiger partial charge in [0.2, 0.25) is 5.91 Å². The van der Waals surface area contributed by atoms with Gasteiger partial charge < -0.3 is 25.2 Å². The second-order valence-electron chi connectivity index (χ2n) is 11.4. The average Bonchev–Trinajstić information content (AvgIpc) is 3.44. The van der Waals surface area contributed by atoms with Gasteiger partial charge in [0, 0.05) is 75.4 Å². The molecule has 2 aliphatic heterocycles. The van der Waals surface area contributed by atoms with Crippen LogP contribution in [-0.2, 0) is 11.8 Å². The highest BCUT2D eigenvalue weighted by Gasteiger charge is 2.28. The highest BCUT2D eigenvalue weighted by atomic mass is 16.5. The highest BCUT2D eigenvalue weighted by Crippen LogP contribution is 2.40. The molecule has 2 aliphatic rings. The summed E-state index contributed by atoms with van der Waals surface area (Å²) in [4.78, 5) is 29.0. The highest BCUT2D eigenvalue weighted by molar-refractivity contribution is 6.02. The number of amides is 1. The zero-order valence-corrected chi connectivity index (χ0v) is 25.8. The monoisotopic (exact) mass is 595 g/mol. The van der Waals surface area contributed by atoms with Crippen molar-refractivity contribution in [3.05, 3.63) is 61.6 Å². The molecule has 0 bridgehead atoms. The molecule has 1 amide bonds. The van der Waals surface area contributed by atoms with E-state index in [1.54, 1.807) is 13.4 Å². The van der Waals surface area contributed by atoms with Gasteiger partial charge in [-0.05, 0) is 43.7 Å². The van der Waals surface area contributed by atoms with E-state index in [-0.39, 0.29) is 5.91 Å². The molecule has 0 unspecified atom stereocenters. The minimum absolute atomic E-state index is 0.263. The van der Waals surface area contributed by atoms with Gasteiger partial charge >= 0.3 is 0 Å². The quantitative estimate of drug-likeness (QED) is 0.271. The number of anilines is 4. The minimum atomic E-state index is -0.263. The molecule has 44 heavy (non-hydrogen) atoms. The Morgan fingerprint density at radius 3 is 2.57 bits per heavy atom. The molecular formula is C33H41N9O2. The lowest BCUT2D eigenvalue weighted by Gasteiger charge is -2.43. The number of nitrogens with zero attached hydrogens (tertiary/aromatic N) is 7. The van der Waals surface area contributed by atoms with Gasteiger partial charge in [-0.2, -0.15) is 5.10 Å². The number of aromatic nitrogens is 4. The van der Waals surface area contributed by atoms with Crippen LogP contribution in [0.3, 0.4) is 0 Å². The minimum Gasteiger partial charge on any atom is -0.494 e. The Balaban J connectivity index is 1.23. The van der Waals surface area contributed by atoms with Gasteiger partial charge in [0.15, 0.2) is 0 Å². The number of piperidine rings is 1. The molecule has 0 radical (unpaired) electrons. The predicted octanol–water partition coefficient (Wildman–Crippen LogP) is 4.51. The molecule has 6 rings (SSSR count). The second kappa shape index (κ2) is 13.0. The number of hydrogen-bond acceptors (Lipinski definition) is 9. The SMILES string of the molecule is C=CC(=O)Nc1cc(Nc2cc(-c3ccc4c(cnn4C)c3)ncn2)c(OC)cc1N1CCC(N2CCN(CC)CC2)CC1. The van der Waals surface area contributed by atoms with Crippen molar-refractivity contribution in [1.29, 1.82) is 0 Å². The molecule has 2 aromatic heterocycles. The van der Waals surface area contributed by atoms with Crippen LogP contribution in [0.15, 0.2) is 61.6 Å². The fourth-order valence-corrected chi connectivity index (χ4v) is 6.34. The molecule has 2 fully saturated rings. The zero-order valence-electron chi connectivity index (χ0n) is 25.8. The van der Waals surface area contributed by atoms with E-state index in [4.69, 9.17) is 4.74 Å². The van der Waals surface area contributed by atoms with Crippen LogP contribution in [0.25, 0.3) is 22.2 Å². The second-order valence-corrected chi connectivity index (χ2v) is 11.4. The summed E-state index contributed by atoms with van der Waals surface area (Å²) in [7, 11) is 3.58. The van der Waals surface area contributed by atoms with Crippen molar-refractivity contribution in [2.24, 2.45) is 7.05 Å². The maximum absolute atomic E-state index is 12.5. The molecule has 4 aromatic rings. The third kappa shape index (κ3) is 6.24. The van der Waals surface area contributed by atoms with E-state index < -0.39 is 0 Å². The fourth-order valence-electron chi connectivity index (χ4n) is 6.34. The lowest BCUT2D eigenvalue weighted by Crippen LogP contribution is -2.53. The molecule has 0 aliphatic carbocycles. The van der Waals surface area contributed by atoms with Crippen molar-refractivity contribution in [2.75, 3.05) is 68.5 Å². The van der Waals surface area contributed by atoms with Crippen LogP contribution >= 0.6 is 0 Å². The van der Waals surface area contributed by atoms with E-state index in [1.165, 1.54) is 6.08 Å². The van der Waals surface area contributed by atoms with Gasteiger partial charge in [-0.3, -0.25) is 14.4 Å². The molecule has 0 spiro atoms. The van der Waals surface area contributed by atoms with Crippen LogP contribution in [0, 0.1) is 0 Å². The number of hydrogen-bond donors (Lipinski definition) is 2. The Kier molecular flexibility index (Phi) is 8.76. The number of rotatable bonds is 9. The van der Waals surface area contributed by atoms with Gasteiger partial charge in [-0.25, -0.2) is 9.97 Å². The van der Waals surface area contributed by atoms with Crippen LogP contribution in [0.1, 0.15) is 19.8 Å². The van der Waals surface area contributed by atoms with Crippen molar-refractivity contribution < 1.29 is 9.53 Å². The third-order valence-corrected chi connectivity index (χ3v) is 8.91. The van der Waals surface area contributed by atoms with Crippen molar-refractivity contribution in [3.8, 4) is 17.0 Å². The Hall–Kier alpha value is -4.48. The molecule has 11 nitrogen and oxygen atoms in total. The summed E-state index contributed by atoms with van der Waals surface area (Å²) in [5.74, 6) is 1.00. The normalized spacial score (nSPS) is 16.7. The number of likely N-dealkylation sites (N-methyl/N-ethyl adjacent to an activating group) is 1. The van der Waals surface area contributed by atoms with E-state index in [2.05, 4.69) is 60.0 Å². The van der Waals surface area contributed by atoms with E-state index in [0.717, 1.165) is 86.5 Å². The van der Waals surface area contributed by atoms with Crippen LogP contribution in [0.2, 0.25) is 0 Å². The molecule has 2 N–H and O–H groups in total. The number of nitrogens with one attached hydrogen (secondary N) is 2. The molecule has 2 aromatic carbocycles. The fraction of sp³-hybridized carbons (Fsp3) is 0.394. The largest absolute Gasteiger partial charge is 0.494 e. The van der Waals surface area contributed by atoms with Gasteiger partial charge in [0.05, 0.1) is 41.6 Å². The summed E-state index contributed by atoms with van der Waals surface area (Å²) in [5.41, 5.74) is 5.12. The van der Waals surface area contributed by atoms with Gasteiger partial charge in [-0.1, -0.05) is 19.6 Å². The summed E-state index contributed by atoms with van der Waals surface area (Å²) in [6.45, 7) is 13.4. The smallest absolute Gasteiger partial charge is 0.247 e. The number of methoxy groups -OCH3 is 1. The maximum Gasteiger partial charge on any atom is 0.247 e. The Labute approximate surface area is 258 Å². The first-order chi connectivity index (χ1) is 21.4. The summed E-state index contributed by atoms with van der Waals surface area (Å²) in [5, 5.41) is 11.8. The lowest BCUT2D eigenvalue weighted by atomic mass is 10.0. The van der Waals surface area contributed by atoms with Crippen molar-refractivity contribution >= 4 is 39.7 Å². The summed E-state index contributed by atoms with van der Waals surface area (Å²) < 4.78 is 7.70. The number of ether oxygens (including phenoxy) is 1. The Morgan fingerprint density at radius 1 is 1.05 bits per heavy atom. The summed E-state index contributed by atoms with van der Waals surface area (Å²) in [6.07, 6.45) is 6.84. The Morgan fingerprint density at radius 2 is 1.84 bits per heavy atom. The van der Waals surface area contributed by atoms with Crippen LogP contribution in [0.5, 0.6) is 5.75 Å². The standard InChI is InChI=1S/C33H41N9O2/c1-5-33(43)38-27-18-28(37-32-19-26(34-22-35-32)23-7-8-29-24(17-23)21-36-39(29)3)31(44-4)20-30(27)42-11-9-25(10-12-42)41-15-13-40(6-2)14-16-41/h5,7-8,17-22,25H,1,6,9-16H2,2-4H3,(H,38,43)(H,34,35,37). The number of benzene rings is 2. The number of aryl methyl sites for hydroxylation is 1. The van der Waals surface area contributed by atoms with E-state index in [0.29, 0.717) is 29.0 Å². The van der Waals surface area contributed by atoms with Crippen LogP contribution in [-0.4, -0.2) is 94.4 Å². The van der Waals surface area contributed by atoms with Gasteiger partial charge in [0.25, 0.3) is 0 Å². The van der Waals surface area contributed by atoms with E-state index in [1.807, 2.05) is 48.3 Å². The van der Waals surface area contributed by atoms with Crippen molar-refractivity contribution in [1.82, 2.24) is 29.5 Å². The molecule has 0 saturated carbocycles. The topological polar surface area (TPSA) is 104 Å². The number of piperazine rings is 1. The Bertz CT molecular complexity index is 1640. The number of fused-ring (bicyclic) bond motifs is 1. The molecule has 4 heterocycles. The predicted molar refractivity (Wildman–Crippen MR) is 176 cm³/mol. The first-order valence-corrected chi connectivity index (χ1v) is 15.3. The van der Waals surface area contributed by atoms with E-state index >= 15 is 0 Å². The van der Waals surface area contributed by atoms with E-state index in [9.17, 15) is 4.79 Å². The van der Waals surface area contributed by atoms with Crippen molar-refractivity contribution in [3.63, 3.8) is 0 Å². The molecule has 2 saturated heterocycles.